The van der Waals surface area contributed by atoms with Gasteiger partial charge in [0.05, 0.1) is 11.0 Å². The maximum atomic E-state index is 6.45. The molecule has 0 amide bonds. The molecule has 1 radical (unpaired) electrons. The van der Waals surface area contributed by atoms with Gasteiger partial charge in [0, 0.05) is 53.9 Å². The molecule has 0 atom stereocenters. The maximum Gasteiger partial charge on any atom is 0.137 e. The van der Waals surface area contributed by atoms with Crippen LogP contribution in [0.1, 0.15) is 0 Å². The van der Waals surface area contributed by atoms with Gasteiger partial charge in [0.25, 0.3) is 0 Å². The van der Waals surface area contributed by atoms with Crippen LogP contribution in [-0.2, 0) is 20.1 Å². The standard InChI is InChI=1S/C39H23N2O.Ir/c1-2-9-25(10-3-1)27-17-18-37-33(22-27)34-23-32-31-15-6-7-16-35(31)41(36(32)24-38(34)42-37)29-13-8-12-28(21-29)39-30-14-5-4-11-26(30)19-20-40-39;/h1-11,13-24H;/q-1;. The summed E-state index contributed by atoms with van der Waals surface area (Å²) in [6, 6.07) is 50.3. The Labute approximate surface area is 261 Å². The molecule has 3 heterocycles. The number of pyridine rings is 1. The molecule has 205 valence electrons. The molecule has 43 heavy (non-hydrogen) atoms. The first kappa shape index (κ1) is 25.7. The number of hydrogen-bond acceptors (Lipinski definition) is 2. The van der Waals surface area contributed by atoms with Crippen molar-refractivity contribution in [2.45, 2.75) is 0 Å². The quantitative estimate of drug-likeness (QED) is 0.170. The maximum absolute atomic E-state index is 6.45. The van der Waals surface area contributed by atoms with E-state index < -0.39 is 0 Å². The van der Waals surface area contributed by atoms with Gasteiger partial charge in [-0.05, 0) is 63.6 Å². The van der Waals surface area contributed by atoms with Crippen LogP contribution in [0.3, 0.4) is 0 Å². The normalized spacial score (nSPS) is 11.5. The third-order valence-electron chi connectivity index (χ3n) is 8.34. The summed E-state index contributed by atoms with van der Waals surface area (Å²) in [6.07, 6.45) is 1.88. The number of aromatic nitrogens is 2. The van der Waals surface area contributed by atoms with Crippen molar-refractivity contribution in [3.63, 3.8) is 0 Å². The zero-order valence-electron chi connectivity index (χ0n) is 22.9. The molecule has 0 saturated carbocycles. The van der Waals surface area contributed by atoms with Crippen molar-refractivity contribution in [1.82, 2.24) is 9.55 Å². The van der Waals surface area contributed by atoms with Crippen LogP contribution in [0.5, 0.6) is 0 Å². The fourth-order valence-electron chi connectivity index (χ4n) is 6.39. The van der Waals surface area contributed by atoms with Crippen LogP contribution in [-0.4, -0.2) is 9.55 Å². The predicted octanol–water partition coefficient (Wildman–Crippen LogP) is 10.4. The van der Waals surface area contributed by atoms with E-state index in [9.17, 15) is 0 Å². The molecule has 3 aromatic heterocycles. The fraction of sp³-hybridized carbons (Fsp3) is 0. The monoisotopic (exact) mass is 728 g/mol. The number of fused-ring (bicyclic) bond motifs is 7. The van der Waals surface area contributed by atoms with Gasteiger partial charge in [0.1, 0.15) is 11.2 Å². The first-order valence-electron chi connectivity index (χ1n) is 14.1. The Morgan fingerprint density at radius 1 is 0.558 bits per heavy atom. The summed E-state index contributed by atoms with van der Waals surface area (Å²) in [6.45, 7) is 0. The van der Waals surface area contributed by atoms with Crippen LogP contribution in [0.15, 0.2) is 144 Å². The van der Waals surface area contributed by atoms with E-state index in [2.05, 4.69) is 132 Å². The van der Waals surface area contributed by atoms with Crippen LogP contribution >= 0.6 is 0 Å². The van der Waals surface area contributed by atoms with Gasteiger partial charge in [-0.15, -0.1) is 29.8 Å². The first-order chi connectivity index (χ1) is 20.8. The molecule has 0 aliphatic carbocycles. The minimum absolute atomic E-state index is 0. The topological polar surface area (TPSA) is 31.0 Å². The third-order valence-corrected chi connectivity index (χ3v) is 8.34. The van der Waals surface area contributed by atoms with Gasteiger partial charge in [-0.3, -0.25) is 0 Å². The van der Waals surface area contributed by atoms with Crippen molar-refractivity contribution in [1.29, 1.82) is 0 Å². The summed E-state index contributed by atoms with van der Waals surface area (Å²) in [4.78, 5) is 4.76. The van der Waals surface area contributed by atoms with E-state index in [0.29, 0.717) is 0 Å². The Bertz CT molecular complexity index is 2470. The minimum Gasteiger partial charge on any atom is -0.456 e. The van der Waals surface area contributed by atoms with Crippen molar-refractivity contribution < 1.29 is 24.5 Å². The van der Waals surface area contributed by atoms with Crippen molar-refractivity contribution in [2.75, 3.05) is 0 Å². The summed E-state index contributed by atoms with van der Waals surface area (Å²) in [5.74, 6) is 0. The van der Waals surface area contributed by atoms with Gasteiger partial charge in [-0.1, -0.05) is 78.9 Å². The Morgan fingerprint density at radius 3 is 2.26 bits per heavy atom. The second-order valence-electron chi connectivity index (χ2n) is 10.7. The molecule has 6 aromatic carbocycles. The summed E-state index contributed by atoms with van der Waals surface area (Å²) < 4.78 is 8.78. The van der Waals surface area contributed by atoms with Gasteiger partial charge in [0.15, 0.2) is 0 Å². The van der Waals surface area contributed by atoms with E-state index in [-0.39, 0.29) is 20.1 Å². The average molecular weight is 728 g/mol. The Hall–Kier alpha value is -5.02. The third kappa shape index (κ3) is 4.03. The first-order valence-corrected chi connectivity index (χ1v) is 14.1. The zero-order chi connectivity index (χ0) is 27.6. The number of furan rings is 1. The van der Waals surface area contributed by atoms with E-state index in [1.165, 1.54) is 27.3 Å². The molecular formula is C39H23IrN2O-. The van der Waals surface area contributed by atoms with E-state index in [1.54, 1.807) is 0 Å². The predicted molar refractivity (Wildman–Crippen MR) is 173 cm³/mol. The van der Waals surface area contributed by atoms with Crippen LogP contribution in [0.25, 0.3) is 82.6 Å². The molecule has 0 aliphatic heterocycles. The Morgan fingerprint density at radius 2 is 1.35 bits per heavy atom. The SMILES string of the molecule is [Ir].[c-]1ccc(-n2c3ccccc3c3cc4c(cc32)oc2ccc(-c3ccccc3)cc24)cc1-c1nccc2ccccc12. The number of hydrogen-bond donors (Lipinski definition) is 0. The summed E-state index contributed by atoms with van der Waals surface area (Å²) in [5, 5.41) is 6.95. The smallest absolute Gasteiger partial charge is 0.137 e. The molecule has 0 bridgehead atoms. The van der Waals surface area contributed by atoms with E-state index in [0.717, 1.165) is 55.3 Å². The van der Waals surface area contributed by atoms with Crippen LogP contribution in [0.2, 0.25) is 0 Å². The Balaban J connectivity index is 0.00000278. The second kappa shape index (κ2) is 10.1. The largest absolute Gasteiger partial charge is 0.456 e. The van der Waals surface area contributed by atoms with Crippen molar-refractivity contribution >= 4 is 54.5 Å². The minimum atomic E-state index is 0. The molecule has 3 nitrogen and oxygen atoms in total. The number of nitrogens with zero attached hydrogens (tertiary/aromatic N) is 2. The number of benzene rings is 6. The van der Waals surface area contributed by atoms with E-state index >= 15 is 0 Å². The molecule has 0 N–H and O–H groups in total. The van der Waals surface area contributed by atoms with Gasteiger partial charge in [-0.25, -0.2) is 0 Å². The molecule has 4 heteroatoms. The van der Waals surface area contributed by atoms with Crippen molar-refractivity contribution in [2.24, 2.45) is 0 Å². The Kier molecular flexibility index (Phi) is 6.01. The number of rotatable bonds is 3. The summed E-state index contributed by atoms with van der Waals surface area (Å²) in [5.41, 5.74) is 9.38. The van der Waals surface area contributed by atoms with Crippen LogP contribution in [0, 0.1) is 6.07 Å². The molecule has 0 aliphatic rings. The molecule has 0 fully saturated rings. The van der Waals surface area contributed by atoms with E-state index in [1.807, 2.05) is 18.3 Å². The average Bonchev–Trinajstić information content (AvgIpc) is 3.58. The van der Waals surface area contributed by atoms with Crippen molar-refractivity contribution in [3.05, 3.63) is 146 Å². The summed E-state index contributed by atoms with van der Waals surface area (Å²) in [7, 11) is 0. The van der Waals surface area contributed by atoms with Crippen LogP contribution in [0.4, 0.5) is 0 Å². The molecule has 0 spiro atoms. The van der Waals surface area contributed by atoms with Gasteiger partial charge in [-0.2, -0.15) is 0 Å². The molecule has 9 aromatic rings. The summed E-state index contributed by atoms with van der Waals surface area (Å²) >= 11 is 0. The number of para-hydroxylation sites is 1. The van der Waals surface area contributed by atoms with Gasteiger partial charge in [0.2, 0.25) is 0 Å². The van der Waals surface area contributed by atoms with Gasteiger partial charge < -0.3 is 14.0 Å². The molecular weight excluding hydrogens is 705 g/mol. The van der Waals surface area contributed by atoms with Crippen LogP contribution < -0.4 is 0 Å². The fourth-order valence-corrected chi connectivity index (χ4v) is 6.39. The van der Waals surface area contributed by atoms with Crippen molar-refractivity contribution in [3.8, 4) is 28.1 Å². The molecule has 0 unspecified atom stereocenters. The molecule has 9 rings (SSSR count). The van der Waals surface area contributed by atoms with E-state index in [4.69, 9.17) is 9.40 Å². The zero-order valence-corrected chi connectivity index (χ0v) is 25.3. The second-order valence-corrected chi connectivity index (χ2v) is 10.7. The molecule has 0 saturated heterocycles. The van der Waals surface area contributed by atoms with Gasteiger partial charge >= 0.3 is 0 Å².